The number of amides is 2. The SMILES string of the molecule is Cc1ccc(NC(=O)C2CCN(C(=O)c3ccccc3N)CC2)nc1.Cl.Cl. The first-order valence-electron chi connectivity index (χ1n) is 8.42. The van der Waals surface area contributed by atoms with E-state index in [4.69, 9.17) is 5.73 Å². The van der Waals surface area contributed by atoms with Crippen molar-refractivity contribution >= 4 is 48.1 Å². The standard InChI is InChI=1S/C19H22N4O2.2ClH/c1-13-6-7-17(21-12-13)22-18(24)14-8-10-23(11-9-14)19(25)15-4-2-3-5-16(15)20;;/h2-7,12,14H,8-11,20H2,1H3,(H,21,22,24);2*1H. The molecule has 0 unspecified atom stereocenters. The summed E-state index contributed by atoms with van der Waals surface area (Å²) in [5, 5.41) is 2.85. The van der Waals surface area contributed by atoms with Crippen LogP contribution >= 0.6 is 24.8 Å². The van der Waals surface area contributed by atoms with E-state index in [0.717, 1.165) is 5.56 Å². The average molecular weight is 411 g/mol. The van der Waals surface area contributed by atoms with E-state index in [1.54, 1.807) is 35.4 Å². The number of nitrogens with zero attached hydrogens (tertiary/aromatic N) is 2. The number of rotatable bonds is 3. The number of hydrogen-bond acceptors (Lipinski definition) is 4. The van der Waals surface area contributed by atoms with Gasteiger partial charge in [-0.05, 0) is 43.5 Å². The molecule has 1 saturated heterocycles. The maximum absolute atomic E-state index is 12.6. The van der Waals surface area contributed by atoms with Crippen molar-refractivity contribution in [3.63, 3.8) is 0 Å². The van der Waals surface area contributed by atoms with E-state index in [9.17, 15) is 9.59 Å². The molecule has 1 aromatic carbocycles. The smallest absolute Gasteiger partial charge is 0.255 e. The number of nitrogens with one attached hydrogen (secondary N) is 1. The lowest BCUT2D eigenvalue weighted by Crippen LogP contribution is -2.41. The minimum atomic E-state index is -0.111. The fourth-order valence-corrected chi connectivity index (χ4v) is 2.98. The first kappa shape index (κ1) is 22.7. The Morgan fingerprint density at radius 3 is 2.37 bits per heavy atom. The molecule has 2 aromatic rings. The van der Waals surface area contributed by atoms with Gasteiger partial charge >= 0.3 is 0 Å². The van der Waals surface area contributed by atoms with E-state index < -0.39 is 0 Å². The van der Waals surface area contributed by atoms with Crippen LogP contribution in [0.25, 0.3) is 0 Å². The number of hydrogen-bond donors (Lipinski definition) is 2. The quantitative estimate of drug-likeness (QED) is 0.759. The summed E-state index contributed by atoms with van der Waals surface area (Å²) in [5.41, 5.74) is 7.93. The molecule has 3 N–H and O–H groups in total. The lowest BCUT2D eigenvalue weighted by molar-refractivity contribution is -0.121. The highest BCUT2D eigenvalue weighted by atomic mass is 35.5. The van der Waals surface area contributed by atoms with Gasteiger partial charge in [0.15, 0.2) is 0 Å². The Labute approximate surface area is 171 Å². The van der Waals surface area contributed by atoms with Crippen molar-refractivity contribution in [3.8, 4) is 0 Å². The number of nitrogens with two attached hydrogens (primary N) is 1. The number of likely N-dealkylation sites (tertiary alicyclic amines) is 1. The van der Waals surface area contributed by atoms with Gasteiger partial charge in [0.05, 0.1) is 5.56 Å². The molecule has 3 rings (SSSR count). The van der Waals surface area contributed by atoms with Crippen LogP contribution in [-0.4, -0.2) is 34.8 Å². The van der Waals surface area contributed by atoms with Gasteiger partial charge in [0.1, 0.15) is 5.82 Å². The van der Waals surface area contributed by atoms with Crippen LogP contribution in [0.1, 0.15) is 28.8 Å². The van der Waals surface area contributed by atoms with Gasteiger partial charge in [0.25, 0.3) is 5.91 Å². The summed E-state index contributed by atoms with van der Waals surface area (Å²) in [6, 6.07) is 10.8. The lowest BCUT2D eigenvalue weighted by atomic mass is 9.95. The molecule has 0 bridgehead atoms. The fraction of sp³-hybridized carbons (Fsp3) is 0.316. The third kappa shape index (κ3) is 5.58. The Morgan fingerprint density at radius 1 is 1.11 bits per heavy atom. The maximum atomic E-state index is 12.6. The van der Waals surface area contributed by atoms with E-state index in [2.05, 4.69) is 10.3 Å². The topological polar surface area (TPSA) is 88.3 Å². The Hall–Kier alpha value is -2.31. The number of nitrogen functional groups attached to an aromatic ring is 1. The fourth-order valence-electron chi connectivity index (χ4n) is 2.98. The summed E-state index contributed by atoms with van der Waals surface area (Å²) in [7, 11) is 0. The van der Waals surface area contributed by atoms with Gasteiger partial charge in [-0.2, -0.15) is 0 Å². The Balaban J connectivity index is 0.00000182. The highest BCUT2D eigenvalue weighted by molar-refractivity contribution is 5.99. The largest absolute Gasteiger partial charge is 0.398 e. The van der Waals surface area contributed by atoms with Crippen molar-refractivity contribution in [2.75, 3.05) is 24.1 Å². The van der Waals surface area contributed by atoms with Crippen molar-refractivity contribution in [2.24, 2.45) is 5.92 Å². The molecule has 0 radical (unpaired) electrons. The third-order valence-corrected chi connectivity index (χ3v) is 4.51. The normalized spacial score (nSPS) is 13.9. The third-order valence-electron chi connectivity index (χ3n) is 4.51. The number of aryl methyl sites for hydroxylation is 1. The van der Waals surface area contributed by atoms with Gasteiger partial charge in [0, 0.05) is 30.9 Å². The predicted molar refractivity (Wildman–Crippen MR) is 112 cm³/mol. The second-order valence-corrected chi connectivity index (χ2v) is 6.36. The van der Waals surface area contributed by atoms with Crippen molar-refractivity contribution in [1.29, 1.82) is 0 Å². The molecule has 1 aliphatic rings. The molecule has 8 heteroatoms. The number of para-hydroxylation sites is 1. The van der Waals surface area contributed by atoms with Gasteiger partial charge in [-0.3, -0.25) is 9.59 Å². The zero-order chi connectivity index (χ0) is 17.8. The summed E-state index contributed by atoms with van der Waals surface area (Å²) >= 11 is 0. The average Bonchev–Trinajstić information content (AvgIpc) is 2.63. The summed E-state index contributed by atoms with van der Waals surface area (Å²) in [5.74, 6) is 0.339. The zero-order valence-corrected chi connectivity index (χ0v) is 16.7. The molecule has 146 valence electrons. The molecule has 0 aliphatic carbocycles. The number of pyridine rings is 1. The van der Waals surface area contributed by atoms with Crippen LogP contribution in [0.5, 0.6) is 0 Å². The summed E-state index contributed by atoms with van der Waals surface area (Å²) in [6.45, 7) is 3.05. The highest BCUT2D eigenvalue weighted by Crippen LogP contribution is 2.22. The molecule has 2 amide bonds. The molecule has 1 aliphatic heterocycles. The lowest BCUT2D eigenvalue weighted by Gasteiger charge is -2.31. The van der Waals surface area contributed by atoms with Crippen LogP contribution in [0.2, 0.25) is 0 Å². The van der Waals surface area contributed by atoms with E-state index >= 15 is 0 Å². The summed E-state index contributed by atoms with van der Waals surface area (Å²) in [4.78, 5) is 30.9. The molecular weight excluding hydrogens is 387 g/mol. The van der Waals surface area contributed by atoms with Crippen molar-refractivity contribution in [3.05, 3.63) is 53.7 Å². The van der Waals surface area contributed by atoms with Crippen LogP contribution in [0.15, 0.2) is 42.6 Å². The molecule has 2 heterocycles. The van der Waals surface area contributed by atoms with Gasteiger partial charge in [-0.25, -0.2) is 4.98 Å². The molecule has 1 aromatic heterocycles. The maximum Gasteiger partial charge on any atom is 0.255 e. The molecule has 0 saturated carbocycles. The second-order valence-electron chi connectivity index (χ2n) is 6.36. The van der Waals surface area contributed by atoms with Crippen LogP contribution in [0.3, 0.4) is 0 Å². The van der Waals surface area contributed by atoms with Crippen LogP contribution < -0.4 is 11.1 Å². The summed E-state index contributed by atoms with van der Waals surface area (Å²) < 4.78 is 0. The minimum absolute atomic E-state index is 0. The molecule has 0 spiro atoms. The molecule has 0 atom stereocenters. The Kier molecular flexibility index (Phi) is 8.53. The number of carbonyl (C=O) groups is 2. The minimum Gasteiger partial charge on any atom is -0.398 e. The van der Waals surface area contributed by atoms with Crippen LogP contribution in [0.4, 0.5) is 11.5 Å². The number of anilines is 2. The van der Waals surface area contributed by atoms with E-state index in [1.165, 1.54) is 0 Å². The monoisotopic (exact) mass is 410 g/mol. The second kappa shape index (κ2) is 10.1. The first-order valence-corrected chi connectivity index (χ1v) is 8.42. The van der Waals surface area contributed by atoms with Gasteiger partial charge in [-0.15, -0.1) is 24.8 Å². The Morgan fingerprint density at radius 2 is 1.78 bits per heavy atom. The number of halogens is 2. The van der Waals surface area contributed by atoms with Crippen molar-refractivity contribution < 1.29 is 9.59 Å². The van der Waals surface area contributed by atoms with Gasteiger partial charge < -0.3 is 16.0 Å². The van der Waals surface area contributed by atoms with Crippen molar-refractivity contribution in [1.82, 2.24) is 9.88 Å². The van der Waals surface area contributed by atoms with E-state index in [-0.39, 0.29) is 42.5 Å². The molecule has 1 fully saturated rings. The number of carbonyl (C=O) groups excluding carboxylic acids is 2. The first-order chi connectivity index (χ1) is 12.0. The molecular formula is C19H24Cl2N4O2. The zero-order valence-electron chi connectivity index (χ0n) is 15.1. The van der Waals surface area contributed by atoms with Gasteiger partial charge in [-0.1, -0.05) is 18.2 Å². The number of benzene rings is 1. The van der Waals surface area contributed by atoms with Crippen molar-refractivity contribution in [2.45, 2.75) is 19.8 Å². The van der Waals surface area contributed by atoms with Crippen LogP contribution in [0, 0.1) is 12.8 Å². The molecule has 6 nitrogen and oxygen atoms in total. The molecule has 27 heavy (non-hydrogen) atoms. The van der Waals surface area contributed by atoms with Crippen LogP contribution in [-0.2, 0) is 4.79 Å². The van der Waals surface area contributed by atoms with E-state index in [1.807, 2.05) is 19.1 Å². The predicted octanol–water partition coefficient (Wildman–Crippen LogP) is 3.31. The number of aromatic nitrogens is 1. The Bertz CT molecular complexity index is 776. The highest BCUT2D eigenvalue weighted by Gasteiger charge is 2.28. The summed E-state index contributed by atoms with van der Waals surface area (Å²) in [6.07, 6.45) is 2.99. The van der Waals surface area contributed by atoms with E-state index in [0.29, 0.717) is 43.0 Å². The van der Waals surface area contributed by atoms with Gasteiger partial charge in [0.2, 0.25) is 5.91 Å². The number of piperidine rings is 1.